The largest absolute Gasteiger partial charge is 0.481 e. The zero-order chi connectivity index (χ0) is 15.3. The van der Waals surface area contributed by atoms with Crippen LogP contribution in [0.25, 0.3) is 0 Å². The summed E-state index contributed by atoms with van der Waals surface area (Å²) in [7, 11) is 0. The lowest BCUT2D eigenvalue weighted by Gasteiger charge is -2.15. The minimum Gasteiger partial charge on any atom is -0.481 e. The fourth-order valence-corrected chi connectivity index (χ4v) is 5.23. The Bertz CT molecular complexity index is 596. The number of rotatable bonds is 3. The first-order valence-corrected chi connectivity index (χ1v) is 9.09. The van der Waals surface area contributed by atoms with Crippen LogP contribution in [0.15, 0.2) is 6.07 Å². The number of carboxylic acid groups (broad SMARTS) is 1. The topological polar surface area (TPSA) is 57.6 Å². The highest BCUT2D eigenvalue weighted by Crippen LogP contribution is 2.44. The predicted octanol–water partition coefficient (Wildman–Crippen LogP) is 2.81. The first-order valence-electron chi connectivity index (χ1n) is 8.27. The van der Waals surface area contributed by atoms with Gasteiger partial charge in [-0.25, -0.2) is 0 Å². The molecule has 1 saturated carbocycles. The maximum absolute atomic E-state index is 12.8. The highest BCUT2D eigenvalue weighted by atomic mass is 32.1. The minimum atomic E-state index is -0.738. The number of carbonyl (C=O) groups is 2. The molecule has 1 amide bonds. The Morgan fingerprint density at radius 1 is 1.18 bits per heavy atom. The second-order valence-electron chi connectivity index (χ2n) is 6.92. The van der Waals surface area contributed by atoms with Gasteiger partial charge in [0, 0.05) is 18.0 Å². The fraction of sp³-hybridized carbons (Fsp3) is 0.647. The Hall–Kier alpha value is -1.36. The molecule has 1 aliphatic heterocycles. The van der Waals surface area contributed by atoms with Crippen molar-refractivity contribution >= 4 is 23.2 Å². The molecule has 2 heterocycles. The van der Waals surface area contributed by atoms with E-state index in [1.807, 2.05) is 0 Å². The molecule has 0 bridgehead atoms. The van der Waals surface area contributed by atoms with Crippen LogP contribution in [0, 0.1) is 17.8 Å². The van der Waals surface area contributed by atoms with Gasteiger partial charge in [-0.1, -0.05) is 0 Å². The summed E-state index contributed by atoms with van der Waals surface area (Å²) in [6.07, 6.45) is 6.87. The van der Waals surface area contributed by atoms with Crippen LogP contribution in [0.4, 0.5) is 0 Å². The average Bonchev–Trinajstić information content (AvgIpc) is 3.11. The van der Waals surface area contributed by atoms with Crippen LogP contribution in [0.1, 0.15) is 45.8 Å². The van der Waals surface area contributed by atoms with Crippen molar-refractivity contribution in [2.75, 3.05) is 13.1 Å². The molecular formula is C17H21NO3S. The monoisotopic (exact) mass is 319 g/mol. The van der Waals surface area contributed by atoms with Gasteiger partial charge in [0.1, 0.15) is 0 Å². The van der Waals surface area contributed by atoms with Gasteiger partial charge in [-0.2, -0.15) is 0 Å². The van der Waals surface area contributed by atoms with Gasteiger partial charge in [0.2, 0.25) is 0 Å². The lowest BCUT2D eigenvalue weighted by molar-refractivity contribution is -0.142. The maximum atomic E-state index is 12.8. The van der Waals surface area contributed by atoms with Crippen LogP contribution in [-0.2, 0) is 17.6 Å². The van der Waals surface area contributed by atoms with Crippen LogP contribution in [0.5, 0.6) is 0 Å². The fourth-order valence-electron chi connectivity index (χ4n) is 4.01. The van der Waals surface area contributed by atoms with Gasteiger partial charge in [-0.15, -0.1) is 11.3 Å². The van der Waals surface area contributed by atoms with Crippen molar-refractivity contribution in [3.8, 4) is 0 Å². The zero-order valence-electron chi connectivity index (χ0n) is 12.6. The highest BCUT2D eigenvalue weighted by Gasteiger charge is 2.47. The van der Waals surface area contributed by atoms with Gasteiger partial charge < -0.3 is 10.0 Å². The summed E-state index contributed by atoms with van der Waals surface area (Å²) in [6, 6.07) is 2.06. The quantitative estimate of drug-likeness (QED) is 0.932. The first kappa shape index (κ1) is 14.2. The Labute approximate surface area is 134 Å². The molecule has 0 aromatic carbocycles. The van der Waals surface area contributed by atoms with Gasteiger partial charge in [-0.05, 0) is 62.0 Å². The Balaban J connectivity index is 1.53. The maximum Gasteiger partial charge on any atom is 0.308 e. The third-order valence-corrected chi connectivity index (χ3v) is 6.63. The highest BCUT2D eigenvalue weighted by molar-refractivity contribution is 7.14. The molecule has 1 N–H and O–H groups in total. The van der Waals surface area contributed by atoms with Crippen LogP contribution in [-0.4, -0.2) is 35.0 Å². The Kier molecular flexibility index (Phi) is 3.48. The SMILES string of the molecule is O=C(O)[C@@H]1CN(C(=O)c2cc3c(s2)CCCC3)C[C@H]1C1CC1. The molecule has 2 fully saturated rings. The number of hydrogen-bond donors (Lipinski definition) is 1. The molecular weight excluding hydrogens is 298 g/mol. The second kappa shape index (κ2) is 5.37. The van der Waals surface area contributed by atoms with Crippen molar-refractivity contribution < 1.29 is 14.7 Å². The van der Waals surface area contributed by atoms with E-state index in [1.54, 1.807) is 16.2 Å². The molecule has 1 aromatic rings. The Morgan fingerprint density at radius 2 is 1.95 bits per heavy atom. The van der Waals surface area contributed by atoms with Crippen LogP contribution >= 0.6 is 11.3 Å². The van der Waals surface area contributed by atoms with E-state index in [9.17, 15) is 14.7 Å². The smallest absolute Gasteiger partial charge is 0.308 e. The normalized spacial score (nSPS) is 27.7. The van der Waals surface area contributed by atoms with E-state index in [4.69, 9.17) is 0 Å². The van der Waals surface area contributed by atoms with Crippen LogP contribution < -0.4 is 0 Å². The van der Waals surface area contributed by atoms with Crippen molar-refractivity contribution in [1.29, 1.82) is 0 Å². The van der Waals surface area contributed by atoms with Crippen molar-refractivity contribution in [2.45, 2.75) is 38.5 Å². The summed E-state index contributed by atoms with van der Waals surface area (Å²) in [4.78, 5) is 28.2. The predicted molar refractivity (Wildman–Crippen MR) is 84.2 cm³/mol. The van der Waals surface area contributed by atoms with Crippen molar-refractivity contribution in [3.05, 3.63) is 21.4 Å². The third-order valence-electron chi connectivity index (χ3n) is 5.40. The van der Waals surface area contributed by atoms with Crippen LogP contribution in [0.2, 0.25) is 0 Å². The minimum absolute atomic E-state index is 0.0498. The third kappa shape index (κ3) is 2.45. The molecule has 0 radical (unpaired) electrons. The number of thiophene rings is 1. The van der Waals surface area contributed by atoms with Gasteiger partial charge in [0.15, 0.2) is 0 Å². The van der Waals surface area contributed by atoms with Gasteiger partial charge >= 0.3 is 5.97 Å². The number of fused-ring (bicyclic) bond motifs is 1. The van der Waals surface area contributed by atoms with Gasteiger partial charge in [0.25, 0.3) is 5.91 Å². The van der Waals surface area contributed by atoms with E-state index in [0.29, 0.717) is 19.0 Å². The van der Waals surface area contributed by atoms with E-state index >= 15 is 0 Å². The number of aliphatic carboxylic acids is 1. The lowest BCUT2D eigenvalue weighted by Crippen LogP contribution is -2.29. The number of carboxylic acids is 1. The molecule has 1 aromatic heterocycles. The first-order chi connectivity index (χ1) is 10.6. The van der Waals surface area contributed by atoms with Crippen LogP contribution in [0.3, 0.4) is 0 Å². The van der Waals surface area contributed by atoms with E-state index in [0.717, 1.165) is 30.6 Å². The molecule has 2 aliphatic carbocycles. The summed E-state index contributed by atoms with van der Waals surface area (Å²) >= 11 is 1.63. The summed E-state index contributed by atoms with van der Waals surface area (Å²) in [5, 5.41) is 9.43. The average molecular weight is 319 g/mol. The number of carbonyl (C=O) groups excluding carboxylic acids is 1. The Morgan fingerprint density at radius 3 is 2.64 bits per heavy atom. The van der Waals surface area contributed by atoms with E-state index < -0.39 is 5.97 Å². The molecule has 22 heavy (non-hydrogen) atoms. The number of hydrogen-bond acceptors (Lipinski definition) is 3. The number of nitrogens with zero attached hydrogens (tertiary/aromatic N) is 1. The molecule has 4 nitrogen and oxygen atoms in total. The van der Waals surface area contributed by atoms with Crippen molar-refractivity contribution in [3.63, 3.8) is 0 Å². The van der Waals surface area contributed by atoms with Crippen molar-refractivity contribution in [1.82, 2.24) is 4.90 Å². The summed E-state index contributed by atoms with van der Waals surface area (Å²) in [5.74, 6) is -0.371. The molecule has 2 atom stereocenters. The zero-order valence-corrected chi connectivity index (χ0v) is 13.4. The van der Waals surface area contributed by atoms with E-state index in [1.165, 1.54) is 23.3 Å². The van der Waals surface area contributed by atoms with E-state index in [-0.39, 0.29) is 17.7 Å². The molecule has 3 aliphatic rings. The molecule has 4 rings (SSSR count). The molecule has 1 saturated heterocycles. The number of aryl methyl sites for hydroxylation is 2. The molecule has 0 spiro atoms. The van der Waals surface area contributed by atoms with E-state index in [2.05, 4.69) is 6.07 Å². The number of likely N-dealkylation sites (tertiary alicyclic amines) is 1. The summed E-state index contributed by atoms with van der Waals surface area (Å²) < 4.78 is 0. The number of amides is 1. The van der Waals surface area contributed by atoms with Gasteiger partial charge in [-0.3, -0.25) is 9.59 Å². The molecule has 5 heteroatoms. The summed E-state index contributed by atoms with van der Waals surface area (Å²) in [6.45, 7) is 1.01. The van der Waals surface area contributed by atoms with Gasteiger partial charge in [0.05, 0.1) is 10.8 Å². The second-order valence-corrected chi connectivity index (χ2v) is 8.06. The summed E-state index contributed by atoms with van der Waals surface area (Å²) in [5.41, 5.74) is 1.34. The molecule has 118 valence electrons. The van der Waals surface area contributed by atoms with Crippen molar-refractivity contribution in [2.24, 2.45) is 17.8 Å². The lowest BCUT2D eigenvalue weighted by atomic mass is 9.92. The molecule has 0 unspecified atom stereocenters. The standard InChI is InChI=1S/C17H21NO3S/c19-16(15-7-11-3-1-2-4-14(11)22-15)18-8-12(10-5-6-10)13(9-18)17(20)21/h7,10,12-13H,1-6,8-9H2,(H,20,21)/t12-,13+/m0/s1.